The molecule has 2 N–H and O–H groups in total. The molecule has 0 amide bonds. The van der Waals surface area contributed by atoms with E-state index in [1.54, 1.807) is 25.3 Å². The lowest BCUT2D eigenvalue weighted by Crippen LogP contribution is -2.16. The van der Waals surface area contributed by atoms with Gasteiger partial charge in [-0.3, -0.25) is 4.98 Å². The Bertz CT molecular complexity index is 1180. The molecule has 0 radical (unpaired) electrons. The molecule has 4 aromatic rings. The number of carbonyl (C=O) groups is 1. The molecule has 1 aromatic heterocycles. The number of aromatic nitrogens is 1. The topological polar surface area (TPSA) is 71.5 Å². The normalized spacial score (nSPS) is 11.8. The quantitative estimate of drug-likeness (QED) is 0.430. The first-order valence-corrected chi connectivity index (χ1v) is 9.83. The standard InChI is InChI=1S/C25H22N2O3/c1-2-30-25(29)19-12-6-7-13-21(19)27-22(17-9-4-3-5-10-17)20-15-14-18-11-8-16-26-23(18)24(20)28/h3-16,22,27-28H,2H2,1H3. The number of esters is 1. The molecule has 150 valence electrons. The van der Waals surface area contributed by atoms with Crippen molar-refractivity contribution in [2.24, 2.45) is 0 Å². The molecule has 30 heavy (non-hydrogen) atoms. The molecule has 1 atom stereocenters. The summed E-state index contributed by atoms with van der Waals surface area (Å²) in [6, 6.07) is 24.2. The first-order chi connectivity index (χ1) is 14.7. The zero-order valence-corrected chi connectivity index (χ0v) is 16.6. The van der Waals surface area contributed by atoms with E-state index >= 15 is 0 Å². The van der Waals surface area contributed by atoms with Gasteiger partial charge in [-0.1, -0.05) is 60.7 Å². The highest BCUT2D eigenvalue weighted by molar-refractivity contribution is 5.96. The van der Waals surface area contributed by atoms with E-state index in [-0.39, 0.29) is 5.75 Å². The van der Waals surface area contributed by atoms with Crippen LogP contribution in [0.5, 0.6) is 5.75 Å². The summed E-state index contributed by atoms with van der Waals surface area (Å²) in [7, 11) is 0. The maximum atomic E-state index is 12.4. The first kappa shape index (κ1) is 19.5. The van der Waals surface area contributed by atoms with Crippen LogP contribution < -0.4 is 5.32 Å². The minimum absolute atomic E-state index is 0.114. The van der Waals surface area contributed by atoms with E-state index in [1.807, 2.05) is 66.7 Å². The number of phenols is 1. The van der Waals surface area contributed by atoms with E-state index in [9.17, 15) is 9.90 Å². The highest BCUT2D eigenvalue weighted by Gasteiger charge is 2.22. The van der Waals surface area contributed by atoms with Crippen LogP contribution in [-0.4, -0.2) is 22.7 Å². The second-order valence-electron chi connectivity index (χ2n) is 6.83. The summed E-state index contributed by atoms with van der Waals surface area (Å²) in [5, 5.41) is 15.3. The Kier molecular flexibility index (Phi) is 5.61. The monoisotopic (exact) mass is 398 g/mol. The van der Waals surface area contributed by atoms with Crippen molar-refractivity contribution in [2.45, 2.75) is 13.0 Å². The molecule has 3 aromatic carbocycles. The van der Waals surface area contributed by atoms with Gasteiger partial charge in [0.1, 0.15) is 11.3 Å². The highest BCUT2D eigenvalue weighted by Crippen LogP contribution is 2.37. The molecule has 0 aliphatic rings. The average Bonchev–Trinajstić information content (AvgIpc) is 2.79. The van der Waals surface area contributed by atoms with Crippen LogP contribution in [0, 0.1) is 0 Å². The minimum atomic E-state index is -0.395. The Labute approximate surface area is 175 Å². The van der Waals surface area contributed by atoms with Crippen molar-refractivity contribution in [1.29, 1.82) is 0 Å². The summed E-state index contributed by atoms with van der Waals surface area (Å²) >= 11 is 0. The largest absolute Gasteiger partial charge is 0.505 e. The average molecular weight is 398 g/mol. The van der Waals surface area contributed by atoms with Crippen LogP contribution in [0.3, 0.4) is 0 Å². The van der Waals surface area contributed by atoms with Gasteiger partial charge in [0.25, 0.3) is 0 Å². The van der Waals surface area contributed by atoms with Gasteiger partial charge in [-0.25, -0.2) is 4.79 Å². The van der Waals surface area contributed by atoms with Crippen LogP contribution in [0.2, 0.25) is 0 Å². The number of benzene rings is 3. The van der Waals surface area contributed by atoms with Gasteiger partial charge < -0.3 is 15.2 Å². The van der Waals surface area contributed by atoms with Crippen molar-refractivity contribution in [2.75, 3.05) is 11.9 Å². The van der Waals surface area contributed by atoms with E-state index in [4.69, 9.17) is 4.74 Å². The van der Waals surface area contributed by atoms with E-state index in [2.05, 4.69) is 10.3 Å². The Morgan fingerprint density at radius 2 is 1.77 bits per heavy atom. The SMILES string of the molecule is CCOC(=O)c1ccccc1NC(c1ccccc1)c1ccc2cccnc2c1O. The van der Waals surface area contributed by atoms with Gasteiger partial charge in [0, 0.05) is 22.8 Å². The lowest BCUT2D eigenvalue weighted by molar-refractivity contribution is 0.0527. The lowest BCUT2D eigenvalue weighted by Gasteiger charge is -2.23. The first-order valence-electron chi connectivity index (χ1n) is 9.83. The molecular weight excluding hydrogens is 376 g/mol. The van der Waals surface area contributed by atoms with Gasteiger partial charge in [0.05, 0.1) is 18.2 Å². The summed E-state index contributed by atoms with van der Waals surface area (Å²) in [6.45, 7) is 2.08. The second-order valence-corrected chi connectivity index (χ2v) is 6.83. The third-order valence-corrected chi connectivity index (χ3v) is 4.95. The molecule has 5 heteroatoms. The number of para-hydroxylation sites is 1. The summed E-state index contributed by atoms with van der Waals surface area (Å²) in [5.41, 5.74) is 3.23. The smallest absolute Gasteiger partial charge is 0.340 e. The molecule has 4 rings (SSSR count). The molecule has 1 unspecified atom stereocenters. The molecule has 0 saturated heterocycles. The maximum absolute atomic E-state index is 12.4. The number of nitrogens with one attached hydrogen (secondary N) is 1. The van der Waals surface area contributed by atoms with Crippen LogP contribution >= 0.6 is 0 Å². The van der Waals surface area contributed by atoms with E-state index in [0.29, 0.717) is 28.9 Å². The summed E-state index contributed by atoms with van der Waals surface area (Å²) in [5.74, 6) is -0.278. The number of carbonyl (C=O) groups excluding carboxylic acids is 1. The summed E-state index contributed by atoms with van der Waals surface area (Å²) in [4.78, 5) is 16.8. The summed E-state index contributed by atoms with van der Waals surface area (Å²) < 4.78 is 5.20. The fourth-order valence-electron chi connectivity index (χ4n) is 3.52. The zero-order chi connectivity index (χ0) is 20.9. The fourth-order valence-corrected chi connectivity index (χ4v) is 3.52. The van der Waals surface area contributed by atoms with Crippen molar-refractivity contribution < 1.29 is 14.6 Å². The predicted octanol–water partition coefficient (Wildman–Crippen LogP) is 5.32. The molecule has 0 spiro atoms. The molecule has 0 bridgehead atoms. The number of anilines is 1. The van der Waals surface area contributed by atoms with Crippen LogP contribution in [0.1, 0.15) is 34.5 Å². The number of pyridine rings is 1. The zero-order valence-electron chi connectivity index (χ0n) is 16.6. The van der Waals surface area contributed by atoms with Crippen molar-refractivity contribution in [3.63, 3.8) is 0 Å². The highest BCUT2D eigenvalue weighted by atomic mass is 16.5. The van der Waals surface area contributed by atoms with Crippen LogP contribution in [-0.2, 0) is 4.74 Å². The number of hydrogen-bond donors (Lipinski definition) is 2. The van der Waals surface area contributed by atoms with Crippen LogP contribution in [0.4, 0.5) is 5.69 Å². The lowest BCUT2D eigenvalue weighted by atomic mass is 9.95. The Morgan fingerprint density at radius 3 is 2.57 bits per heavy atom. The van der Waals surface area contributed by atoms with Gasteiger partial charge in [-0.2, -0.15) is 0 Å². The van der Waals surface area contributed by atoms with Gasteiger partial charge in [0.15, 0.2) is 0 Å². The number of hydrogen-bond acceptors (Lipinski definition) is 5. The number of ether oxygens (including phenoxy) is 1. The maximum Gasteiger partial charge on any atom is 0.340 e. The van der Waals surface area contributed by atoms with Crippen LogP contribution in [0.15, 0.2) is 85.1 Å². The number of fused-ring (bicyclic) bond motifs is 1. The third-order valence-electron chi connectivity index (χ3n) is 4.95. The number of nitrogens with zero attached hydrogens (tertiary/aromatic N) is 1. The second kappa shape index (κ2) is 8.66. The molecule has 5 nitrogen and oxygen atoms in total. The third kappa shape index (κ3) is 3.82. The Balaban J connectivity index is 1.82. The molecule has 1 heterocycles. The van der Waals surface area contributed by atoms with Crippen molar-refractivity contribution in [1.82, 2.24) is 4.98 Å². The van der Waals surface area contributed by atoms with Gasteiger partial charge >= 0.3 is 5.97 Å². The predicted molar refractivity (Wildman–Crippen MR) is 118 cm³/mol. The molecule has 0 aliphatic heterocycles. The summed E-state index contributed by atoms with van der Waals surface area (Å²) in [6.07, 6.45) is 1.66. The minimum Gasteiger partial charge on any atom is -0.505 e. The molecule has 0 aliphatic carbocycles. The fraction of sp³-hybridized carbons (Fsp3) is 0.120. The van der Waals surface area contributed by atoms with Gasteiger partial charge in [0.2, 0.25) is 0 Å². The van der Waals surface area contributed by atoms with Gasteiger partial charge in [-0.15, -0.1) is 0 Å². The Morgan fingerprint density at radius 1 is 1.00 bits per heavy atom. The molecular formula is C25H22N2O3. The van der Waals surface area contributed by atoms with Crippen molar-refractivity contribution in [3.05, 3.63) is 102 Å². The van der Waals surface area contributed by atoms with Gasteiger partial charge in [-0.05, 0) is 30.7 Å². The Hall–Kier alpha value is -3.86. The van der Waals surface area contributed by atoms with Crippen molar-refractivity contribution >= 4 is 22.6 Å². The van der Waals surface area contributed by atoms with E-state index < -0.39 is 12.0 Å². The molecule has 0 saturated carbocycles. The van der Waals surface area contributed by atoms with E-state index in [0.717, 1.165) is 10.9 Å². The number of phenolic OH excluding ortho intramolecular Hbond substituents is 1. The number of aromatic hydroxyl groups is 1. The van der Waals surface area contributed by atoms with E-state index in [1.165, 1.54) is 0 Å². The molecule has 0 fully saturated rings. The van der Waals surface area contributed by atoms with Crippen molar-refractivity contribution in [3.8, 4) is 5.75 Å². The van der Waals surface area contributed by atoms with Crippen LogP contribution in [0.25, 0.3) is 10.9 Å². The number of rotatable bonds is 6.